The minimum atomic E-state index is -0.715. The van der Waals surface area contributed by atoms with Crippen LogP contribution in [0.15, 0.2) is 30.3 Å². The van der Waals surface area contributed by atoms with Crippen LogP contribution in [0.4, 0.5) is 0 Å². The SMILES string of the molecule is CCC1CNC(c2ccccc2)CN1CCC(C)S(C)=O. The van der Waals surface area contributed by atoms with E-state index in [4.69, 9.17) is 0 Å². The number of nitrogens with zero attached hydrogens (tertiary/aromatic N) is 1. The minimum Gasteiger partial charge on any atom is -0.307 e. The highest BCUT2D eigenvalue weighted by Crippen LogP contribution is 2.21. The van der Waals surface area contributed by atoms with Crippen LogP contribution in [0.5, 0.6) is 0 Å². The molecule has 3 nitrogen and oxygen atoms in total. The summed E-state index contributed by atoms with van der Waals surface area (Å²) in [7, 11) is -0.715. The van der Waals surface area contributed by atoms with Gasteiger partial charge in [0, 0.05) is 47.5 Å². The van der Waals surface area contributed by atoms with Gasteiger partial charge in [0.2, 0.25) is 0 Å². The Labute approximate surface area is 131 Å². The van der Waals surface area contributed by atoms with Crippen LogP contribution in [-0.2, 0) is 10.8 Å². The van der Waals surface area contributed by atoms with Gasteiger partial charge in [0.15, 0.2) is 0 Å². The molecule has 0 spiro atoms. The van der Waals surface area contributed by atoms with Gasteiger partial charge in [-0.3, -0.25) is 9.11 Å². The van der Waals surface area contributed by atoms with Crippen molar-refractivity contribution in [2.24, 2.45) is 0 Å². The van der Waals surface area contributed by atoms with E-state index in [-0.39, 0.29) is 5.25 Å². The smallest absolute Gasteiger partial charge is 0.0449 e. The summed E-state index contributed by atoms with van der Waals surface area (Å²) < 4.78 is 11.5. The Morgan fingerprint density at radius 3 is 2.71 bits per heavy atom. The average molecular weight is 308 g/mol. The van der Waals surface area contributed by atoms with Crippen molar-refractivity contribution >= 4 is 10.8 Å². The summed E-state index contributed by atoms with van der Waals surface area (Å²) >= 11 is 0. The highest BCUT2D eigenvalue weighted by atomic mass is 32.2. The molecule has 0 radical (unpaired) electrons. The molecule has 1 N–H and O–H groups in total. The Kier molecular flexibility index (Phi) is 6.40. The van der Waals surface area contributed by atoms with Crippen LogP contribution in [0, 0.1) is 0 Å². The maximum absolute atomic E-state index is 11.5. The predicted molar refractivity (Wildman–Crippen MR) is 91.0 cm³/mol. The second-order valence-electron chi connectivity index (χ2n) is 6.03. The van der Waals surface area contributed by atoms with Gasteiger partial charge < -0.3 is 5.32 Å². The van der Waals surface area contributed by atoms with Crippen LogP contribution in [0.3, 0.4) is 0 Å². The maximum Gasteiger partial charge on any atom is 0.0449 e. The third kappa shape index (κ3) is 4.63. The number of hydrogen-bond acceptors (Lipinski definition) is 3. The molecule has 0 saturated carbocycles. The highest BCUT2D eigenvalue weighted by molar-refractivity contribution is 7.84. The van der Waals surface area contributed by atoms with Crippen LogP contribution >= 0.6 is 0 Å². The molecule has 118 valence electrons. The molecule has 0 amide bonds. The van der Waals surface area contributed by atoms with E-state index in [0.29, 0.717) is 12.1 Å². The van der Waals surface area contributed by atoms with E-state index in [0.717, 1.165) is 32.5 Å². The van der Waals surface area contributed by atoms with Crippen molar-refractivity contribution in [2.45, 2.75) is 44.0 Å². The van der Waals surface area contributed by atoms with Gasteiger partial charge in [-0.05, 0) is 24.9 Å². The molecule has 4 heteroatoms. The first-order valence-corrected chi connectivity index (χ1v) is 9.58. The lowest BCUT2D eigenvalue weighted by atomic mass is 10.0. The summed E-state index contributed by atoms with van der Waals surface area (Å²) in [6.07, 6.45) is 3.99. The lowest BCUT2D eigenvalue weighted by Gasteiger charge is -2.40. The van der Waals surface area contributed by atoms with Gasteiger partial charge in [0.05, 0.1) is 0 Å². The van der Waals surface area contributed by atoms with Crippen molar-refractivity contribution in [1.82, 2.24) is 10.2 Å². The number of piperazine rings is 1. The zero-order valence-corrected chi connectivity index (χ0v) is 14.2. The fraction of sp³-hybridized carbons (Fsp3) is 0.647. The Morgan fingerprint density at radius 1 is 1.38 bits per heavy atom. The summed E-state index contributed by atoms with van der Waals surface area (Å²) in [4.78, 5) is 2.58. The first-order chi connectivity index (χ1) is 10.1. The van der Waals surface area contributed by atoms with Gasteiger partial charge in [-0.1, -0.05) is 44.2 Å². The Bertz CT molecular complexity index is 451. The topological polar surface area (TPSA) is 32.3 Å². The van der Waals surface area contributed by atoms with Crippen molar-refractivity contribution < 1.29 is 4.21 Å². The molecule has 4 atom stereocenters. The Morgan fingerprint density at radius 2 is 2.10 bits per heavy atom. The maximum atomic E-state index is 11.5. The third-order valence-corrected chi connectivity index (χ3v) is 5.96. The van der Waals surface area contributed by atoms with Crippen LogP contribution in [0.25, 0.3) is 0 Å². The lowest BCUT2D eigenvalue weighted by molar-refractivity contribution is 0.125. The second kappa shape index (κ2) is 8.06. The largest absolute Gasteiger partial charge is 0.307 e. The van der Waals surface area contributed by atoms with E-state index in [2.05, 4.69) is 54.4 Å². The quantitative estimate of drug-likeness (QED) is 0.876. The van der Waals surface area contributed by atoms with E-state index in [1.165, 1.54) is 5.56 Å². The first kappa shape index (κ1) is 16.7. The molecular formula is C17H28N2OS. The van der Waals surface area contributed by atoms with Crippen molar-refractivity contribution in [3.63, 3.8) is 0 Å². The van der Waals surface area contributed by atoms with E-state index in [1.807, 2.05) is 6.26 Å². The van der Waals surface area contributed by atoms with Crippen LogP contribution in [-0.4, -0.2) is 46.3 Å². The van der Waals surface area contributed by atoms with Gasteiger partial charge >= 0.3 is 0 Å². The summed E-state index contributed by atoms with van der Waals surface area (Å²) in [6.45, 7) is 7.48. The number of hydrogen-bond donors (Lipinski definition) is 1. The summed E-state index contributed by atoms with van der Waals surface area (Å²) in [6, 6.07) is 11.7. The Hall–Kier alpha value is -0.710. The summed E-state index contributed by atoms with van der Waals surface area (Å²) in [5.74, 6) is 0. The molecule has 0 aromatic heterocycles. The highest BCUT2D eigenvalue weighted by Gasteiger charge is 2.27. The number of benzene rings is 1. The number of rotatable bonds is 6. The van der Waals surface area contributed by atoms with Crippen molar-refractivity contribution in [3.8, 4) is 0 Å². The number of nitrogens with one attached hydrogen (secondary N) is 1. The van der Waals surface area contributed by atoms with Gasteiger partial charge in [0.25, 0.3) is 0 Å². The monoisotopic (exact) mass is 308 g/mol. The van der Waals surface area contributed by atoms with Gasteiger partial charge in [-0.2, -0.15) is 0 Å². The van der Waals surface area contributed by atoms with Crippen molar-refractivity contribution in [1.29, 1.82) is 0 Å². The Balaban J connectivity index is 1.97. The first-order valence-electron chi connectivity index (χ1n) is 7.96. The second-order valence-corrected chi connectivity index (χ2v) is 7.83. The molecule has 1 saturated heterocycles. The molecule has 0 aliphatic carbocycles. The zero-order chi connectivity index (χ0) is 15.2. The molecule has 1 aromatic carbocycles. The molecule has 21 heavy (non-hydrogen) atoms. The van der Waals surface area contributed by atoms with E-state index in [1.54, 1.807) is 0 Å². The molecule has 0 bridgehead atoms. The fourth-order valence-electron chi connectivity index (χ4n) is 2.95. The third-order valence-electron chi connectivity index (χ3n) is 4.60. The predicted octanol–water partition coefficient (Wildman–Crippen LogP) is 2.57. The van der Waals surface area contributed by atoms with Crippen LogP contribution < -0.4 is 5.32 Å². The van der Waals surface area contributed by atoms with E-state index in [9.17, 15) is 4.21 Å². The van der Waals surface area contributed by atoms with Gasteiger partial charge in [-0.25, -0.2) is 0 Å². The van der Waals surface area contributed by atoms with Crippen molar-refractivity contribution in [3.05, 3.63) is 35.9 Å². The van der Waals surface area contributed by atoms with Crippen LogP contribution in [0.1, 0.15) is 38.3 Å². The molecule has 1 aromatic rings. The van der Waals surface area contributed by atoms with Crippen LogP contribution in [0.2, 0.25) is 0 Å². The lowest BCUT2D eigenvalue weighted by Crippen LogP contribution is -2.52. The standard InChI is InChI=1S/C17H28N2OS/c1-4-16-12-18-17(15-8-6-5-7-9-15)13-19(16)11-10-14(2)21(3)20/h5-9,14,16-18H,4,10-13H2,1-3H3. The van der Waals surface area contributed by atoms with Gasteiger partial charge in [-0.15, -0.1) is 0 Å². The molecule has 1 aliphatic heterocycles. The molecular weight excluding hydrogens is 280 g/mol. The average Bonchev–Trinajstić information content (AvgIpc) is 2.53. The normalized spacial score (nSPS) is 26.4. The minimum absolute atomic E-state index is 0.285. The summed E-state index contributed by atoms with van der Waals surface area (Å²) in [5, 5.41) is 3.96. The summed E-state index contributed by atoms with van der Waals surface area (Å²) in [5.41, 5.74) is 1.36. The van der Waals surface area contributed by atoms with Crippen molar-refractivity contribution in [2.75, 3.05) is 25.9 Å². The zero-order valence-electron chi connectivity index (χ0n) is 13.4. The van der Waals surface area contributed by atoms with E-state index < -0.39 is 10.8 Å². The molecule has 1 fully saturated rings. The fourth-order valence-corrected chi connectivity index (χ4v) is 3.39. The molecule has 1 heterocycles. The molecule has 1 aliphatic rings. The molecule has 4 unspecified atom stereocenters. The molecule has 2 rings (SSSR count). The van der Waals surface area contributed by atoms with Gasteiger partial charge in [0.1, 0.15) is 0 Å². The van der Waals surface area contributed by atoms with E-state index >= 15 is 0 Å².